The number of anilines is 2. The predicted octanol–water partition coefficient (Wildman–Crippen LogP) is 0.830. The Balaban J connectivity index is 1.79. The fraction of sp³-hybridized carbons (Fsp3) is 0.381. The van der Waals surface area contributed by atoms with E-state index in [1.165, 1.54) is 7.11 Å². The second kappa shape index (κ2) is 10.4. The maximum Gasteiger partial charge on any atom is 0.260 e. The number of allylic oxidation sites excluding steroid dienone is 1. The largest absolute Gasteiger partial charge is 0.493 e. The number of carbonyl (C=O) groups is 1. The second-order valence-corrected chi connectivity index (χ2v) is 7.07. The molecule has 0 atom stereocenters. The first-order chi connectivity index (χ1) is 15.4. The van der Waals surface area contributed by atoms with Crippen molar-refractivity contribution in [1.29, 1.82) is 5.26 Å². The first-order valence-corrected chi connectivity index (χ1v) is 9.88. The number of rotatable bonds is 7. The topological polar surface area (TPSA) is 140 Å². The fourth-order valence-corrected chi connectivity index (χ4v) is 2.95. The molecule has 11 nitrogen and oxygen atoms in total. The number of ether oxygens (including phenoxy) is 3. The van der Waals surface area contributed by atoms with Gasteiger partial charge in [0.25, 0.3) is 5.91 Å². The first kappa shape index (κ1) is 22.8. The zero-order valence-corrected chi connectivity index (χ0v) is 18.2. The molecule has 3 rings (SSSR count). The summed E-state index contributed by atoms with van der Waals surface area (Å²) in [7, 11) is 5.03. The summed E-state index contributed by atoms with van der Waals surface area (Å²) in [5.41, 5.74) is 6.63. The molecule has 0 bridgehead atoms. The van der Waals surface area contributed by atoms with Gasteiger partial charge in [0.15, 0.2) is 23.9 Å². The highest BCUT2D eigenvalue weighted by Crippen LogP contribution is 2.30. The third-order valence-corrected chi connectivity index (χ3v) is 4.62. The lowest BCUT2D eigenvalue weighted by Gasteiger charge is -2.26. The Morgan fingerprint density at radius 3 is 2.69 bits per heavy atom. The van der Waals surface area contributed by atoms with Gasteiger partial charge in [-0.15, -0.1) is 0 Å². The number of amides is 1. The summed E-state index contributed by atoms with van der Waals surface area (Å²) < 4.78 is 16.3. The SMILES string of the molecule is COc1cc(/C=C(\C#N)c2nc(N)nc(N(C)C)n2)ccc1OCC(=O)N1CCOCC1. The van der Waals surface area contributed by atoms with Gasteiger partial charge in [-0.25, -0.2) is 0 Å². The molecule has 2 heterocycles. The predicted molar refractivity (Wildman–Crippen MR) is 118 cm³/mol. The van der Waals surface area contributed by atoms with Gasteiger partial charge in [-0.05, 0) is 23.8 Å². The molecule has 0 aliphatic carbocycles. The molecule has 1 aromatic heterocycles. The maximum absolute atomic E-state index is 12.3. The lowest BCUT2D eigenvalue weighted by molar-refractivity contribution is -0.137. The van der Waals surface area contributed by atoms with Crippen molar-refractivity contribution in [2.45, 2.75) is 0 Å². The Bertz CT molecular complexity index is 1040. The number of aromatic nitrogens is 3. The summed E-state index contributed by atoms with van der Waals surface area (Å²) in [4.78, 5) is 28.1. The summed E-state index contributed by atoms with van der Waals surface area (Å²) in [6.45, 7) is 2.06. The molecule has 1 amide bonds. The van der Waals surface area contributed by atoms with E-state index in [0.29, 0.717) is 49.3 Å². The third kappa shape index (κ3) is 5.61. The number of carbonyl (C=O) groups excluding carboxylic acids is 1. The summed E-state index contributed by atoms with van der Waals surface area (Å²) in [6, 6.07) is 7.21. The molecule has 2 aromatic rings. The number of hydrogen-bond donors (Lipinski definition) is 1. The Morgan fingerprint density at radius 2 is 2.03 bits per heavy atom. The molecule has 1 aromatic carbocycles. The second-order valence-electron chi connectivity index (χ2n) is 7.07. The molecular formula is C21H25N7O4. The van der Waals surface area contributed by atoms with E-state index in [1.54, 1.807) is 48.2 Å². The molecule has 2 N–H and O–H groups in total. The van der Waals surface area contributed by atoms with E-state index >= 15 is 0 Å². The Morgan fingerprint density at radius 1 is 1.28 bits per heavy atom. The molecule has 1 saturated heterocycles. The van der Waals surface area contributed by atoms with E-state index in [0.717, 1.165) is 0 Å². The molecule has 32 heavy (non-hydrogen) atoms. The molecule has 0 spiro atoms. The van der Waals surface area contributed by atoms with Gasteiger partial charge in [0.05, 0.1) is 25.9 Å². The van der Waals surface area contributed by atoms with Gasteiger partial charge in [0.1, 0.15) is 6.07 Å². The van der Waals surface area contributed by atoms with Crippen LogP contribution < -0.4 is 20.1 Å². The van der Waals surface area contributed by atoms with Crippen LogP contribution in [0.5, 0.6) is 11.5 Å². The number of nitriles is 1. The highest BCUT2D eigenvalue weighted by atomic mass is 16.5. The number of nitrogens with zero attached hydrogens (tertiary/aromatic N) is 6. The highest BCUT2D eigenvalue weighted by molar-refractivity contribution is 5.87. The Hall–Kier alpha value is -3.91. The van der Waals surface area contributed by atoms with E-state index < -0.39 is 0 Å². The summed E-state index contributed by atoms with van der Waals surface area (Å²) >= 11 is 0. The molecule has 1 aliphatic heterocycles. The Labute approximate surface area is 186 Å². The number of benzene rings is 1. The van der Waals surface area contributed by atoms with Crippen molar-refractivity contribution in [3.8, 4) is 17.6 Å². The van der Waals surface area contributed by atoms with Crippen LogP contribution in [0.15, 0.2) is 18.2 Å². The maximum atomic E-state index is 12.3. The van der Waals surface area contributed by atoms with Gasteiger partial charge in [0.2, 0.25) is 11.9 Å². The van der Waals surface area contributed by atoms with Gasteiger partial charge in [-0.1, -0.05) is 6.07 Å². The number of morpholine rings is 1. The minimum Gasteiger partial charge on any atom is -0.493 e. The first-order valence-electron chi connectivity index (χ1n) is 9.88. The van der Waals surface area contributed by atoms with Crippen LogP contribution in [0.3, 0.4) is 0 Å². The van der Waals surface area contributed by atoms with E-state index in [-0.39, 0.29) is 29.9 Å². The molecule has 0 saturated carbocycles. The number of methoxy groups -OCH3 is 1. The lowest BCUT2D eigenvalue weighted by atomic mass is 10.1. The van der Waals surface area contributed by atoms with Crippen LogP contribution in [0.4, 0.5) is 11.9 Å². The van der Waals surface area contributed by atoms with Crippen molar-refractivity contribution in [2.24, 2.45) is 0 Å². The molecule has 1 aliphatic rings. The zero-order valence-electron chi connectivity index (χ0n) is 18.2. The smallest absolute Gasteiger partial charge is 0.260 e. The normalized spacial score (nSPS) is 13.9. The molecule has 168 valence electrons. The summed E-state index contributed by atoms with van der Waals surface area (Å²) in [5.74, 6) is 1.26. The molecule has 0 unspecified atom stereocenters. The van der Waals surface area contributed by atoms with Crippen molar-refractivity contribution >= 4 is 29.5 Å². The van der Waals surface area contributed by atoms with Gasteiger partial charge in [0, 0.05) is 27.2 Å². The van der Waals surface area contributed by atoms with Crippen LogP contribution in [0, 0.1) is 11.3 Å². The minimum atomic E-state index is -0.116. The van der Waals surface area contributed by atoms with E-state index in [2.05, 4.69) is 21.0 Å². The number of nitrogens with two attached hydrogens (primary N) is 1. The van der Waals surface area contributed by atoms with Crippen molar-refractivity contribution in [3.63, 3.8) is 0 Å². The van der Waals surface area contributed by atoms with E-state index in [1.807, 2.05) is 0 Å². The van der Waals surface area contributed by atoms with Crippen LogP contribution in [0.25, 0.3) is 11.6 Å². The average Bonchev–Trinajstić information content (AvgIpc) is 2.81. The molecule has 11 heteroatoms. The van der Waals surface area contributed by atoms with Gasteiger partial charge in [-0.3, -0.25) is 4.79 Å². The van der Waals surface area contributed by atoms with Gasteiger partial charge < -0.3 is 29.7 Å². The van der Waals surface area contributed by atoms with Crippen molar-refractivity contribution in [3.05, 3.63) is 29.6 Å². The standard InChI is InChI=1S/C21H25N7O4/c1-27(2)21-25-19(24-20(23)26-21)15(12-22)10-14-4-5-16(17(11-14)30-3)32-13-18(29)28-6-8-31-9-7-28/h4-5,10-11H,6-9,13H2,1-3H3,(H2,23,24,25,26)/b15-10+. The van der Waals surface area contributed by atoms with Crippen LogP contribution in [0.2, 0.25) is 0 Å². The molecule has 0 radical (unpaired) electrons. The third-order valence-electron chi connectivity index (χ3n) is 4.62. The van der Waals surface area contributed by atoms with Gasteiger partial charge >= 0.3 is 0 Å². The van der Waals surface area contributed by atoms with Crippen LogP contribution in [-0.2, 0) is 9.53 Å². The number of hydrogen-bond acceptors (Lipinski definition) is 10. The van der Waals surface area contributed by atoms with Crippen molar-refractivity contribution < 1.29 is 19.0 Å². The zero-order chi connectivity index (χ0) is 23.1. The minimum absolute atomic E-state index is 0.0195. The lowest BCUT2D eigenvalue weighted by Crippen LogP contribution is -2.43. The van der Waals surface area contributed by atoms with E-state index in [4.69, 9.17) is 19.9 Å². The summed E-state index contributed by atoms with van der Waals surface area (Å²) in [5, 5.41) is 9.63. The van der Waals surface area contributed by atoms with Gasteiger partial charge in [-0.2, -0.15) is 20.2 Å². The van der Waals surface area contributed by atoms with Crippen LogP contribution >= 0.6 is 0 Å². The van der Waals surface area contributed by atoms with Crippen LogP contribution in [-0.4, -0.2) is 79.9 Å². The monoisotopic (exact) mass is 439 g/mol. The van der Waals surface area contributed by atoms with E-state index in [9.17, 15) is 10.1 Å². The fourth-order valence-electron chi connectivity index (χ4n) is 2.95. The number of nitrogen functional groups attached to an aromatic ring is 1. The molecule has 1 fully saturated rings. The van der Waals surface area contributed by atoms with Crippen molar-refractivity contribution in [1.82, 2.24) is 19.9 Å². The van der Waals surface area contributed by atoms with Crippen molar-refractivity contribution in [2.75, 3.05) is 64.7 Å². The quantitative estimate of drug-likeness (QED) is 0.617. The molecular weight excluding hydrogens is 414 g/mol. The average molecular weight is 439 g/mol. The summed E-state index contributed by atoms with van der Waals surface area (Å²) in [6.07, 6.45) is 1.61. The Kier molecular flexibility index (Phi) is 7.41. The van der Waals surface area contributed by atoms with Crippen LogP contribution in [0.1, 0.15) is 11.4 Å². The highest BCUT2D eigenvalue weighted by Gasteiger charge is 2.18.